The molecule has 1 amide bonds. The number of nitrogens with one attached hydrogen (secondary N) is 1. The molecule has 1 heterocycles. The van der Waals surface area contributed by atoms with E-state index in [4.69, 9.17) is 4.74 Å². The summed E-state index contributed by atoms with van der Waals surface area (Å²) in [6.45, 7) is 1.52. The fourth-order valence-electron chi connectivity index (χ4n) is 2.03. The Morgan fingerprint density at radius 1 is 1.45 bits per heavy atom. The van der Waals surface area contributed by atoms with Crippen LogP contribution in [0.25, 0.3) is 0 Å². The Labute approximate surface area is 126 Å². The van der Waals surface area contributed by atoms with E-state index in [1.165, 1.54) is 12.4 Å². The molecule has 0 fully saturated rings. The molecule has 0 saturated heterocycles. The number of halogens is 2. The summed E-state index contributed by atoms with van der Waals surface area (Å²) in [5.41, 5.74) is 1.28. The topological polar surface area (TPSA) is 56.1 Å². The number of hydrogen-bond donors (Lipinski definition) is 1. The minimum absolute atomic E-state index is 0.0670. The minimum atomic E-state index is -2.68. The largest absolute Gasteiger partial charge is 0.494 e. The van der Waals surface area contributed by atoms with Gasteiger partial charge in [0.2, 0.25) is 0 Å². The molecule has 0 atom stereocenters. The Morgan fingerprint density at radius 2 is 2.23 bits per heavy atom. The molecule has 2 rings (SSSR count). The molecule has 0 saturated carbocycles. The summed E-state index contributed by atoms with van der Waals surface area (Å²) in [5, 5.41) is 2.58. The molecule has 0 unspecified atom stereocenters. The molecule has 0 aliphatic heterocycles. The molecule has 22 heavy (non-hydrogen) atoms. The van der Waals surface area contributed by atoms with Crippen LogP contribution in [0.2, 0.25) is 0 Å². The summed E-state index contributed by atoms with van der Waals surface area (Å²) in [6, 6.07) is 5.04. The maximum Gasteiger partial charge on any atom is 0.319 e. The van der Waals surface area contributed by atoms with Gasteiger partial charge in [-0.2, -0.15) is 8.78 Å². The van der Waals surface area contributed by atoms with Crippen molar-refractivity contribution in [2.45, 2.75) is 26.9 Å². The Hall–Kier alpha value is -2.44. The van der Waals surface area contributed by atoms with Crippen LogP contribution in [0, 0.1) is 6.92 Å². The normalized spacial score (nSPS) is 10.8. The fraction of sp³-hybridized carbons (Fsp3) is 0.333. The van der Waals surface area contributed by atoms with Gasteiger partial charge in [-0.05, 0) is 37.6 Å². The Morgan fingerprint density at radius 3 is 2.86 bits per heavy atom. The first kappa shape index (κ1) is 15.9. The number of nitrogens with zero attached hydrogens (tertiary/aromatic N) is 2. The third-order valence-electron chi connectivity index (χ3n) is 3.10. The van der Waals surface area contributed by atoms with Crippen LogP contribution in [0.15, 0.2) is 30.6 Å². The van der Waals surface area contributed by atoms with E-state index >= 15 is 0 Å². The molecule has 1 aromatic carbocycles. The predicted octanol–water partition coefficient (Wildman–Crippen LogP) is 2.92. The van der Waals surface area contributed by atoms with Gasteiger partial charge in [-0.25, -0.2) is 4.98 Å². The van der Waals surface area contributed by atoms with Gasteiger partial charge < -0.3 is 10.1 Å². The van der Waals surface area contributed by atoms with Gasteiger partial charge in [-0.15, -0.1) is 0 Å². The van der Waals surface area contributed by atoms with Crippen molar-refractivity contribution in [2.24, 2.45) is 0 Å². The highest BCUT2D eigenvalue weighted by atomic mass is 19.3. The van der Waals surface area contributed by atoms with Gasteiger partial charge >= 0.3 is 6.55 Å². The zero-order valence-electron chi connectivity index (χ0n) is 12.3. The second kappa shape index (κ2) is 7.02. The zero-order chi connectivity index (χ0) is 16.1. The van der Waals surface area contributed by atoms with Gasteiger partial charge in [0, 0.05) is 18.0 Å². The van der Waals surface area contributed by atoms with Gasteiger partial charge in [0.15, 0.2) is 0 Å². The van der Waals surface area contributed by atoms with Crippen LogP contribution < -0.4 is 10.1 Å². The van der Waals surface area contributed by atoms with E-state index in [0.717, 1.165) is 5.56 Å². The van der Waals surface area contributed by atoms with E-state index in [0.29, 0.717) is 22.5 Å². The number of carbonyl (C=O) groups is 1. The monoisotopic (exact) mass is 309 g/mol. The molecule has 7 heteroatoms. The Balaban J connectivity index is 2.03. The predicted molar refractivity (Wildman–Crippen MR) is 77.0 cm³/mol. The molecule has 0 bridgehead atoms. The van der Waals surface area contributed by atoms with Crippen molar-refractivity contribution in [2.75, 3.05) is 6.61 Å². The van der Waals surface area contributed by atoms with Gasteiger partial charge in [-0.1, -0.05) is 0 Å². The number of ether oxygens (including phenoxy) is 1. The molecule has 2 aromatic rings. The summed E-state index contributed by atoms with van der Waals surface area (Å²) >= 11 is 0. The molecule has 118 valence electrons. The first-order chi connectivity index (χ1) is 10.5. The Bertz CT molecular complexity index is 656. The highest BCUT2D eigenvalue weighted by Crippen LogP contribution is 2.19. The number of carbonyl (C=O) groups excluding carboxylic acids is 1. The van der Waals surface area contributed by atoms with Crippen LogP contribution in [0.1, 0.15) is 35.2 Å². The summed E-state index contributed by atoms with van der Waals surface area (Å²) in [5.74, 6) is 0.466. The highest BCUT2D eigenvalue weighted by Gasteiger charge is 2.13. The lowest BCUT2D eigenvalue weighted by Crippen LogP contribution is -2.25. The van der Waals surface area contributed by atoms with Gasteiger partial charge in [0.1, 0.15) is 11.6 Å². The number of imidazole rings is 1. The molecular formula is C15H17F2N3O2. The lowest BCUT2D eigenvalue weighted by molar-refractivity contribution is 0.0660. The van der Waals surface area contributed by atoms with Gasteiger partial charge in [0.05, 0.1) is 13.2 Å². The second-order valence-corrected chi connectivity index (χ2v) is 4.62. The van der Waals surface area contributed by atoms with Crippen molar-refractivity contribution in [3.05, 3.63) is 47.5 Å². The zero-order valence-corrected chi connectivity index (χ0v) is 12.3. The maximum atomic E-state index is 12.7. The number of benzene rings is 1. The first-order valence-corrected chi connectivity index (χ1v) is 6.84. The molecule has 5 nitrogen and oxygen atoms in total. The average molecular weight is 309 g/mol. The van der Waals surface area contributed by atoms with E-state index in [1.807, 2.05) is 13.8 Å². The quantitative estimate of drug-likeness (QED) is 0.892. The smallest absolute Gasteiger partial charge is 0.319 e. The highest BCUT2D eigenvalue weighted by molar-refractivity contribution is 5.94. The third kappa shape index (κ3) is 3.60. The van der Waals surface area contributed by atoms with Crippen molar-refractivity contribution in [3.8, 4) is 5.75 Å². The standard InChI is InChI=1S/C15H17F2N3O2/c1-3-22-12-5-4-11(8-10(12)2)14(21)19-9-13-18-6-7-20(13)15(16)17/h4-8,15H,3,9H2,1-2H3,(H,19,21). The molecule has 0 aliphatic carbocycles. The van der Waals surface area contributed by atoms with Crippen LogP contribution in [-0.2, 0) is 6.54 Å². The summed E-state index contributed by atoms with van der Waals surface area (Å²) in [7, 11) is 0. The Kier molecular flexibility index (Phi) is 5.08. The molecule has 0 radical (unpaired) electrons. The van der Waals surface area contributed by atoms with E-state index in [9.17, 15) is 13.6 Å². The summed E-state index contributed by atoms with van der Waals surface area (Å²) in [6.07, 6.45) is 2.45. The second-order valence-electron chi connectivity index (χ2n) is 4.62. The van der Waals surface area contributed by atoms with Crippen LogP contribution in [0.3, 0.4) is 0 Å². The fourth-order valence-corrected chi connectivity index (χ4v) is 2.03. The maximum absolute atomic E-state index is 12.7. The van der Waals surface area contributed by atoms with Crippen molar-refractivity contribution in [1.82, 2.24) is 14.9 Å². The van der Waals surface area contributed by atoms with E-state index in [-0.39, 0.29) is 18.3 Å². The lowest BCUT2D eigenvalue weighted by atomic mass is 10.1. The minimum Gasteiger partial charge on any atom is -0.494 e. The van der Waals surface area contributed by atoms with Crippen molar-refractivity contribution in [1.29, 1.82) is 0 Å². The van der Waals surface area contributed by atoms with Crippen LogP contribution in [0.5, 0.6) is 5.75 Å². The molecule has 1 aromatic heterocycles. The summed E-state index contributed by atoms with van der Waals surface area (Å²) in [4.78, 5) is 15.9. The van der Waals surface area contributed by atoms with E-state index in [2.05, 4.69) is 10.3 Å². The number of amides is 1. The third-order valence-corrected chi connectivity index (χ3v) is 3.10. The van der Waals surface area contributed by atoms with Gasteiger partial charge in [0.25, 0.3) is 5.91 Å². The molecular weight excluding hydrogens is 292 g/mol. The molecule has 0 aliphatic rings. The average Bonchev–Trinajstić information content (AvgIpc) is 2.95. The summed E-state index contributed by atoms with van der Waals surface area (Å²) < 4.78 is 31.5. The number of rotatable bonds is 6. The number of hydrogen-bond acceptors (Lipinski definition) is 3. The number of aromatic nitrogens is 2. The van der Waals surface area contributed by atoms with Crippen molar-refractivity contribution < 1.29 is 18.3 Å². The van der Waals surface area contributed by atoms with E-state index < -0.39 is 6.55 Å². The van der Waals surface area contributed by atoms with E-state index in [1.54, 1.807) is 18.2 Å². The number of alkyl halides is 2. The van der Waals surface area contributed by atoms with Gasteiger partial charge in [-0.3, -0.25) is 9.36 Å². The lowest BCUT2D eigenvalue weighted by Gasteiger charge is -2.10. The van der Waals surface area contributed by atoms with Crippen LogP contribution in [0.4, 0.5) is 8.78 Å². The number of aryl methyl sites for hydroxylation is 1. The first-order valence-electron chi connectivity index (χ1n) is 6.84. The molecule has 0 spiro atoms. The van der Waals surface area contributed by atoms with Crippen LogP contribution in [-0.4, -0.2) is 22.1 Å². The SMILES string of the molecule is CCOc1ccc(C(=O)NCc2nccn2C(F)F)cc1C. The van der Waals surface area contributed by atoms with Crippen LogP contribution >= 0.6 is 0 Å². The molecule has 1 N–H and O–H groups in total. The van der Waals surface area contributed by atoms with Crippen molar-refractivity contribution in [3.63, 3.8) is 0 Å². The van der Waals surface area contributed by atoms with Crippen molar-refractivity contribution >= 4 is 5.91 Å².